The number of likely N-dealkylation sites (tertiary alicyclic amines) is 1. The molecule has 20 heavy (non-hydrogen) atoms. The Bertz CT molecular complexity index is 634. The second-order valence-electron chi connectivity index (χ2n) is 6.14. The Morgan fingerprint density at radius 1 is 1.20 bits per heavy atom. The van der Waals surface area contributed by atoms with Crippen molar-refractivity contribution in [1.82, 2.24) is 14.0 Å². The first kappa shape index (κ1) is 13.6. The smallest absolute Gasteiger partial charge is 0.330 e. The topological polar surface area (TPSA) is 67.5 Å². The third-order valence-electron chi connectivity index (χ3n) is 4.91. The molecule has 6 heteroatoms. The van der Waals surface area contributed by atoms with Gasteiger partial charge in [0.25, 0.3) is 5.56 Å². The molecule has 1 aromatic heterocycles. The standard InChI is InChI=1S/C14H21N3O3/c1-15-10(5-13(19)16(2)14(15)20)7-17-6-9-3-4-12(18)11(9)8-17/h5,9,11-12,18H,3-4,6-8H2,1-2H3. The van der Waals surface area contributed by atoms with Gasteiger partial charge in [-0.2, -0.15) is 0 Å². The molecule has 1 saturated heterocycles. The maximum absolute atomic E-state index is 11.9. The zero-order valence-corrected chi connectivity index (χ0v) is 12.0. The van der Waals surface area contributed by atoms with Crippen molar-refractivity contribution < 1.29 is 5.11 Å². The fourth-order valence-electron chi connectivity index (χ4n) is 3.62. The summed E-state index contributed by atoms with van der Waals surface area (Å²) >= 11 is 0. The van der Waals surface area contributed by atoms with Crippen LogP contribution in [0.25, 0.3) is 0 Å². The molecule has 0 aromatic carbocycles. The molecule has 1 N–H and O–H groups in total. The van der Waals surface area contributed by atoms with Gasteiger partial charge in [0.2, 0.25) is 0 Å². The predicted octanol–water partition coefficient (Wildman–Crippen LogP) is -0.713. The highest BCUT2D eigenvalue weighted by atomic mass is 16.3. The van der Waals surface area contributed by atoms with Crippen LogP contribution in [0.3, 0.4) is 0 Å². The third-order valence-corrected chi connectivity index (χ3v) is 4.91. The van der Waals surface area contributed by atoms with Crippen LogP contribution in [0, 0.1) is 11.8 Å². The summed E-state index contributed by atoms with van der Waals surface area (Å²) in [6, 6.07) is 1.53. The van der Waals surface area contributed by atoms with E-state index in [2.05, 4.69) is 4.90 Å². The highest BCUT2D eigenvalue weighted by molar-refractivity contribution is 5.04. The lowest BCUT2D eigenvalue weighted by molar-refractivity contribution is 0.123. The molecule has 0 amide bonds. The minimum atomic E-state index is -0.285. The zero-order chi connectivity index (χ0) is 14.4. The average Bonchev–Trinajstić information content (AvgIpc) is 2.96. The van der Waals surface area contributed by atoms with E-state index in [-0.39, 0.29) is 17.4 Å². The van der Waals surface area contributed by atoms with Crippen LogP contribution >= 0.6 is 0 Å². The lowest BCUT2D eigenvalue weighted by Gasteiger charge is -2.19. The molecule has 1 aliphatic carbocycles. The van der Waals surface area contributed by atoms with Gasteiger partial charge in [-0.3, -0.25) is 18.8 Å². The van der Waals surface area contributed by atoms with E-state index in [0.29, 0.717) is 18.4 Å². The number of aromatic nitrogens is 2. The number of hydrogen-bond acceptors (Lipinski definition) is 4. The minimum absolute atomic E-state index is 0.183. The van der Waals surface area contributed by atoms with Gasteiger partial charge in [-0.15, -0.1) is 0 Å². The van der Waals surface area contributed by atoms with Gasteiger partial charge in [-0.25, -0.2) is 4.79 Å². The molecule has 2 aliphatic rings. The third kappa shape index (κ3) is 2.13. The number of aliphatic hydroxyl groups is 1. The van der Waals surface area contributed by atoms with Crippen LogP contribution < -0.4 is 11.2 Å². The second kappa shape index (κ2) is 4.86. The van der Waals surface area contributed by atoms with Crippen LogP contribution in [0.4, 0.5) is 0 Å². The van der Waals surface area contributed by atoms with Crippen LogP contribution in [0.1, 0.15) is 18.5 Å². The molecule has 6 nitrogen and oxygen atoms in total. The number of fused-ring (bicyclic) bond motifs is 1. The normalized spacial score (nSPS) is 29.9. The summed E-state index contributed by atoms with van der Waals surface area (Å²) in [4.78, 5) is 25.9. The first-order chi connectivity index (χ1) is 9.47. The lowest BCUT2D eigenvalue weighted by atomic mass is 10.00. The first-order valence-corrected chi connectivity index (χ1v) is 7.13. The van der Waals surface area contributed by atoms with Crippen LogP contribution in [0.5, 0.6) is 0 Å². The van der Waals surface area contributed by atoms with Gasteiger partial charge in [-0.1, -0.05) is 0 Å². The van der Waals surface area contributed by atoms with E-state index in [1.54, 1.807) is 7.05 Å². The predicted molar refractivity (Wildman–Crippen MR) is 74.4 cm³/mol. The highest BCUT2D eigenvalue weighted by Crippen LogP contribution is 2.38. The minimum Gasteiger partial charge on any atom is -0.393 e. The van der Waals surface area contributed by atoms with Crippen molar-refractivity contribution in [2.45, 2.75) is 25.5 Å². The summed E-state index contributed by atoms with van der Waals surface area (Å²) in [5.41, 5.74) is 0.196. The van der Waals surface area contributed by atoms with Gasteiger partial charge in [0.1, 0.15) is 0 Å². The van der Waals surface area contributed by atoms with Crippen molar-refractivity contribution in [2.75, 3.05) is 13.1 Å². The molecular formula is C14H21N3O3. The number of rotatable bonds is 2. The summed E-state index contributed by atoms with van der Waals surface area (Å²) in [7, 11) is 3.19. The summed E-state index contributed by atoms with van der Waals surface area (Å²) in [5.74, 6) is 0.923. The molecule has 2 heterocycles. The molecule has 0 radical (unpaired) electrons. The second-order valence-corrected chi connectivity index (χ2v) is 6.14. The van der Waals surface area contributed by atoms with Gasteiger partial charge in [0, 0.05) is 51.4 Å². The Hall–Kier alpha value is -1.40. The van der Waals surface area contributed by atoms with E-state index in [9.17, 15) is 14.7 Å². The lowest BCUT2D eigenvalue weighted by Crippen LogP contribution is -2.39. The fraction of sp³-hybridized carbons (Fsp3) is 0.714. The van der Waals surface area contributed by atoms with E-state index in [1.165, 1.54) is 17.7 Å². The monoisotopic (exact) mass is 279 g/mol. The molecule has 2 fully saturated rings. The highest BCUT2D eigenvalue weighted by Gasteiger charge is 2.41. The SMILES string of the molecule is Cn1c(CN2CC3CCC(O)C3C2)cc(=O)n(C)c1=O. The van der Waals surface area contributed by atoms with E-state index in [4.69, 9.17) is 0 Å². The molecule has 3 unspecified atom stereocenters. The number of aliphatic hydroxyl groups excluding tert-OH is 1. The Kier molecular flexibility index (Phi) is 3.30. The number of hydrogen-bond donors (Lipinski definition) is 1. The van der Waals surface area contributed by atoms with Gasteiger partial charge in [-0.05, 0) is 18.8 Å². The Morgan fingerprint density at radius 2 is 1.95 bits per heavy atom. The molecule has 0 bridgehead atoms. The fourth-order valence-corrected chi connectivity index (χ4v) is 3.62. The first-order valence-electron chi connectivity index (χ1n) is 7.13. The van der Waals surface area contributed by atoms with Gasteiger partial charge < -0.3 is 5.11 Å². The molecule has 3 rings (SSSR count). The van der Waals surface area contributed by atoms with Crippen LogP contribution in [0.15, 0.2) is 15.7 Å². The van der Waals surface area contributed by atoms with Gasteiger partial charge >= 0.3 is 5.69 Å². The Morgan fingerprint density at radius 3 is 2.65 bits per heavy atom. The quantitative estimate of drug-likeness (QED) is 0.776. The van der Waals surface area contributed by atoms with Crippen LogP contribution in [0.2, 0.25) is 0 Å². The average molecular weight is 279 g/mol. The molecule has 110 valence electrons. The van der Waals surface area contributed by atoms with Crippen molar-refractivity contribution in [3.8, 4) is 0 Å². The van der Waals surface area contributed by atoms with Gasteiger partial charge in [0.05, 0.1) is 6.10 Å². The van der Waals surface area contributed by atoms with Crippen LogP contribution in [-0.2, 0) is 20.6 Å². The number of nitrogens with zero attached hydrogens (tertiary/aromatic N) is 3. The summed E-state index contributed by atoms with van der Waals surface area (Å²) in [6.45, 7) is 2.40. The van der Waals surface area contributed by atoms with Gasteiger partial charge in [0.15, 0.2) is 0 Å². The van der Waals surface area contributed by atoms with E-state index in [0.717, 1.165) is 36.2 Å². The summed E-state index contributed by atoms with van der Waals surface area (Å²) in [5, 5.41) is 9.93. The summed E-state index contributed by atoms with van der Waals surface area (Å²) in [6.07, 6.45) is 1.81. The van der Waals surface area contributed by atoms with Crippen molar-refractivity contribution in [2.24, 2.45) is 25.9 Å². The van der Waals surface area contributed by atoms with E-state index < -0.39 is 0 Å². The largest absolute Gasteiger partial charge is 0.393 e. The van der Waals surface area contributed by atoms with E-state index >= 15 is 0 Å². The summed E-state index contributed by atoms with van der Waals surface area (Å²) < 4.78 is 2.65. The maximum Gasteiger partial charge on any atom is 0.330 e. The molecule has 1 saturated carbocycles. The van der Waals surface area contributed by atoms with Crippen molar-refractivity contribution in [3.63, 3.8) is 0 Å². The molecule has 3 atom stereocenters. The molecule has 1 aliphatic heterocycles. The Labute approximate surface area is 117 Å². The molecule has 1 aromatic rings. The van der Waals surface area contributed by atoms with Crippen molar-refractivity contribution in [1.29, 1.82) is 0 Å². The Balaban J connectivity index is 1.80. The maximum atomic E-state index is 11.9. The molecular weight excluding hydrogens is 258 g/mol. The zero-order valence-electron chi connectivity index (χ0n) is 12.0. The van der Waals surface area contributed by atoms with E-state index in [1.807, 2.05) is 0 Å². The molecule has 0 spiro atoms. The van der Waals surface area contributed by atoms with Crippen molar-refractivity contribution in [3.05, 3.63) is 32.6 Å². The van der Waals surface area contributed by atoms with Crippen LogP contribution in [-0.4, -0.2) is 38.3 Å². The van der Waals surface area contributed by atoms with Crippen molar-refractivity contribution >= 4 is 0 Å².